The first-order valence-corrected chi connectivity index (χ1v) is 11.8. The molecule has 2 aromatic carbocycles. The molecule has 1 aliphatic rings. The lowest BCUT2D eigenvalue weighted by molar-refractivity contribution is 0.414. The fourth-order valence-corrected chi connectivity index (χ4v) is 5.14. The van der Waals surface area contributed by atoms with Crippen LogP contribution in [0.15, 0.2) is 58.3 Å². The second-order valence-electron chi connectivity index (χ2n) is 6.60. The van der Waals surface area contributed by atoms with E-state index in [0.717, 1.165) is 17.5 Å². The Kier molecular flexibility index (Phi) is 5.94. The summed E-state index contributed by atoms with van der Waals surface area (Å²) in [5.41, 5.74) is 1.06. The molecule has 1 saturated heterocycles. The van der Waals surface area contributed by atoms with Gasteiger partial charge in [-0.15, -0.1) is 0 Å². The average Bonchev–Trinajstić information content (AvgIpc) is 2.68. The number of ether oxygens (including phenoxy) is 1. The first-order chi connectivity index (χ1) is 13.2. The number of nitrogens with one attached hydrogen (secondary N) is 1. The Hall–Kier alpha value is -2.14. The number of methoxy groups -OCH3 is 1. The van der Waals surface area contributed by atoms with Crippen LogP contribution in [-0.2, 0) is 20.0 Å². The Morgan fingerprint density at radius 2 is 1.61 bits per heavy atom. The van der Waals surface area contributed by atoms with E-state index in [4.69, 9.17) is 9.88 Å². The Balaban J connectivity index is 1.65. The Morgan fingerprint density at radius 1 is 1.00 bits per heavy atom. The number of rotatable bonds is 6. The van der Waals surface area contributed by atoms with Gasteiger partial charge in [0.25, 0.3) is 0 Å². The number of benzene rings is 2. The van der Waals surface area contributed by atoms with Crippen LogP contribution in [0.3, 0.4) is 0 Å². The van der Waals surface area contributed by atoms with Crippen LogP contribution in [0.2, 0.25) is 0 Å². The van der Waals surface area contributed by atoms with Gasteiger partial charge in [0.1, 0.15) is 5.75 Å². The number of piperidine rings is 1. The quantitative estimate of drug-likeness (QED) is 0.720. The average molecular weight is 426 g/mol. The van der Waals surface area contributed by atoms with E-state index in [1.807, 2.05) is 24.3 Å². The fourth-order valence-electron chi connectivity index (χ4n) is 3.15. The van der Waals surface area contributed by atoms with Crippen LogP contribution < -0.4 is 19.5 Å². The van der Waals surface area contributed by atoms with Crippen molar-refractivity contribution in [2.75, 3.05) is 25.1 Å². The first kappa shape index (κ1) is 20.6. The minimum Gasteiger partial charge on any atom is -0.497 e. The van der Waals surface area contributed by atoms with Crippen LogP contribution in [0.5, 0.6) is 5.75 Å². The summed E-state index contributed by atoms with van der Waals surface area (Å²) in [6, 6.07) is 12.6. The van der Waals surface area contributed by atoms with Crippen molar-refractivity contribution in [1.29, 1.82) is 0 Å². The third-order valence-electron chi connectivity index (χ3n) is 4.70. The SMILES string of the molecule is COc1ccc(N2CCC(NS(=O)(=O)c3cccc(S(N)(=O)=O)c3)CC2)cc1. The van der Waals surface area contributed by atoms with E-state index in [0.29, 0.717) is 25.9 Å². The highest BCUT2D eigenvalue weighted by molar-refractivity contribution is 7.90. The van der Waals surface area contributed by atoms with E-state index in [1.165, 1.54) is 18.2 Å². The van der Waals surface area contributed by atoms with Crippen molar-refractivity contribution in [2.24, 2.45) is 5.14 Å². The van der Waals surface area contributed by atoms with E-state index < -0.39 is 20.0 Å². The highest BCUT2D eigenvalue weighted by Gasteiger charge is 2.25. The largest absolute Gasteiger partial charge is 0.497 e. The zero-order valence-electron chi connectivity index (χ0n) is 15.4. The summed E-state index contributed by atoms with van der Waals surface area (Å²) >= 11 is 0. The molecule has 0 amide bonds. The molecule has 0 saturated carbocycles. The molecule has 0 radical (unpaired) electrons. The summed E-state index contributed by atoms with van der Waals surface area (Å²) in [5, 5.41) is 5.09. The van der Waals surface area contributed by atoms with Gasteiger partial charge in [-0.3, -0.25) is 0 Å². The first-order valence-electron chi connectivity index (χ1n) is 8.73. The van der Waals surface area contributed by atoms with Gasteiger partial charge in [0.15, 0.2) is 0 Å². The monoisotopic (exact) mass is 425 g/mol. The molecule has 0 aromatic heterocycles. The topological polar surface area (TPSA) is 119 Å². The molecule has 0 aliphatic carbocycles. The van der Waals surface area contributed by atoms with Crippen molar-refractivity contribution in [3.63, 3.8) is 0 Å². The maximum absolute atomic E-state index is 12.6. The predicted octanol–water partition coefficient (Wildman–Crippen LogP) is 1.29. The van der Waals surface area contributed by atoms with Crippen LogP contribution in [0.4, 0.5) is 5.69 Å². The van der Waals surface area contributed by atoms with Gasteiger partial charge in [-0.05, 0) is 55.3 Å². The minimum atomic E-state index is -3.97. The molecule has 152 valence electrons. The summed E-state index contributed by atoms with van der Waals surface area (Å²) in [4.78, 5) is 1.84. The molecule has 28 heavy (non-hydrogen) atoms. The second kappa shape index (κ2) is 8.08. The predicted molar refractivity (Wildman–Crippen MR) is 106 cm³/mol. The molecular weight excluding hydrogens is 402 g/mol. The number of anilines is 1. The van der Waals surface area contributed by atoms with Crippen LogP contribution >= 0.6 is 0 Å². The van der Waals surface area contributed by atoms with Crippen molar-refractivity contribution >= 4 is 25.7 Å². The smallest absolute Gasteiger partial charge is 0.240 e. The molecule has 3 N–H and O–H groups in total. The Labute approximate surface area is 165 Å². The number of sulfonamides is 2. The molecule has 1 fully saturated rings. The Bertz CT molecular complexity index is 1030. The molecule has 1 aliphatic heterocycles. The van der Waals surface area contributed by atoms with E-state index in [2.05, 4.69) is 9.62 Å². The summed E-state index contributed by atoms with van der Waals surface area (Å²) in [6.45, 7) is 1.41. The maximum atomic E-state index is 12.6. The maximum Gasteiger partial charge on any atom is 0.240 e. The van der Waals surface area contributed by atoms with Gasteiger partial charge in [-0.1, -0.05) is 6.07 Å². The molecule has 10 heteroatoms. The lowest BCUT2D eigenvalue weighted by atomic mass is 10.1. The summed E-state index contributed by atoms with van der Waals surface area (Å²) < 4.78 is 56.0. The third kappa shape index (κ3) is 4.82. The molecular formula is C18H23N3O5S2. The zero-order valence-corrected chi connectivity index (χ0v) is 17.0. The van der Waals surface area contributed by atoms with Crippen molar-refractivity contribution in [2.45, 2.75) is 28.7 Å². The lowest BCUT2D eigenvalue weighted by Crippen LogP contribution is -2.44. The second-order valence-corrected chi connectivity index (χ2v) is 9.88. The van der Waals surface area contributed by atoms with Crippen molar-refractivity contribution in [1.82, 2.24) is 4.72 Å². The van der Waals surface area contributed by atoms with Gasteiger partial charge >= 0.3 is 0 Å². The molecule has 0 atom stereocenters. The minimum absolute atomic E-state index is 0.114. The molecule has 3 rings (SSSR count). The van der Waals surface area contributed by atoms with E-state index in [9.17, 15) is 16.8 Å². The summed E-state index contributed by atoms with van der Waals surface area (Å²) in [6.07, 6.45) is 1.28. The van der Waals surface area contributed by atoms with Gasteiger partial charge in [-0.2, -0.15) is 0 Å². The van der Waals surface area contributed by atoms with Crippen molar-refractivity contribution in [3.8, 4) is 5.75 Å². The zero-order chi connectivity index (χ0) is 20.4. The van der Waals surface area contributed by atoms with Crippen molar-refractivity contribution in [3.05, 3.63) is 48.5 Å². The molecule has 1 heterocycles. The Morgan fingerprint density at radius 3 is 2.18 bits per heavy atom. The number of nitrogens with zero attached hydrogens (tertiary/aromatic N) is 1. The third-order valence-corrected chi connectivity index (χ3v) is 7.13. The highest BCUT2D eigenvalue weighted by atomic mass is 32.2. The van der Waals surface area contributed by atoms with Crippen molar-refractivity contribution < 1.29 is 21.6 Å². The van der Waals surface area contributed by atoms with Crippen LogP contribution in [0.1, 0.15) is 12.8 Å². The molecule has 0 bridgehead atoms. The van der Waals surface area contributed by atoms with Gasteiger partial charge in [0.2, 0.25) is 20.0 Å². The molecule has 0 unspecified atom stereocenters. The van der Waals surface area contributed by atoms with Gasteiger partial charge in [-0.25, -0.2) is 26.7 Å². The van der Waals surface area contributed by atoms with E-state index in [1.54, 1.807) is 7.11 Å². The number of hydrogen-bond acceptors (Lipinski definition) is 6. The van der Waals surface area contributed by atoms with E-state index in [-0.39, 0.29) is 15.8 Å². The molecule has 8 nitrogen and oxygen atoms in total. The van der Waals surface area contributed by atoms with Crippen LogP contribution in [-0.4, -0.2) is 43.1 Å². The van der Waals surface area contributed by atoms with E-state index >= 15 is 0 Å². The molecule has 2 aromatic rings. The van der Waals surface area contributed by atoms with Crippen LogP contribution in [0.25, 0.3) is 0 Å². The summed E-state index contributed by atoms with van der Waals surface area (Å²) in [5.74, 6) is 0.785. The van der Waals surface area contributed by atoms with Gasteiger partial charge in [0, 0.05) is 24.8 Å². The number of nitrogens with two attached hydrogens (primary N) is 1. The number of hydrogen-bond donors (Lipinski definition) is 2. The fraction of sp³-hybridized carbons (Fsp3) is 0.333. The lowest BCUT2D eigenvalue weighted by Gasteiger charge is -2.33. The number of primary sulfonamides is 1. The van der Waals surface area contributed by atoms with Gasteiger partial charge < -0.3 is 9.64 Å². The molecule has 0 spiro atoms. The normalized spacial score (nSPS) is 16.1. The summed E-state index contributed by atoms with van der Waals surface area (Å²) in [7, 11) is -6.19. The van der Waals surface area contributed by atoms with Gasteiger partial charge in [0.05, 0.1) is 16.9 Å². The standard InChI is InChI=1S/C18H23N3O5S2/c1-26-16-7-5-15(6-8-16)21-11-9-14(10-12-21)20-28(24,25)18-4-2-3-17(13-18)27(19,22)23/h2-8,13-14,20H,9-12H2,1H3,(H2,19,22,23). The van der Waals surface area contributed by atoms with Crippen LogP contribution in [0, 0.1) is 0 Å². The highest BCUT2D eigenvalue weighted by Crippen LogP contribution is 2.24.